The second-order valence-corrected chi connectivity index (χ2v) is 6.26. The van der Waals surface area contributed by atoms with Crippen LogP contribution >= 0.6 is 0 Å². The van der Waals surface area contributed by atoms with Gasteiger partial charge in [-0.05, 0) is 27.8 Å². The molecule has 1 atom stereocenters. The average Bonchev–Trinajstić information content (AvgIpc) is 3.18. The molecule has 1 unspecified atom stereocenters. The van der Waals surface area contributed by atoms with Gasteiger partial charge in [0, 0.05) is 15.0 Å². The van der Waals surface area contributed by atoms with Crippen LogP contribution in [0.25, 0.3) is 11.1 Å². The number of nitrogens with one attached hydrogen (secondary N) is 1. The van der Waals surface area contributed by atoms with Crippen LogP contribution in [0.15, 0.2) is 78.7 Å². The highest BCUT2D eigenvalue weighted by atomic mass is 16.5. The lowest BCUT2D eigenvalue weighted by Crippen LogP contribution is -2.42. The molecule has 0 heterocycles. The number of amides is 1. The number of hydrogen-bond acceptors (Lipinski definition) is 3. The number of alkyl carbamates (subject to hydrolysis) is 1. The SMILES string of the molecule is [2H]c1c([2H])c([2H])c(C([2H])([2H])C([2H])(NC(=O)OCC2c3ccccc3-c3ccccc32)C(=O)O)c([2H])c1[2H]. The monoisotopic (exact) mass is 395 g/mol. The first-order chi connectivity index (χ1) is 17.3. The highest BCUT2D eigenvalue weighted by Crippen LogP contribution is 2.44. The summed E-state index contributed by atoms with van der Waals surface area (Å²) < 4.78 is 69.4. The first kappa shape index (κ1) is 11.4. The Morgan fingerprint density at radius 3 is 2.24 bits per heavy atom. The Hall–Kier alpha value is -3.60. The van der Waals surface area contributed by atoms with Crippen molar-refractivity contribution in [3.05, 3.63) is 95.4 Å². The van der Waals surface area contributed by atoms with Gasteiger partial charge in [-0.1, -0.05) is 78.7 Å². The highest BCUT2D eigenvalue weighted by molar-refractivity contribution is 5.81. The molecule has 5 nitrogen and oxygen atoms in total. The number of carbonyl (C=O) groups is 2. The number of fused-ring (bicyclic) bond motifs is 3. The minimum atomic E-state index is -3.50. The van der Waals surface area contributed by atoms with E-state index in [9.17, 15) is 14.7 Å². The molecule has 0 aliphatic heterocycles. The number of benzene rings is 3. The van der Waals surface area contributed by atoms with E-state index in [4.69, 9.17) is 15.7 Å². The molecule has 3 aromatic carbocycles. The second-order valence-electron chi connectivity index (χ2n) is 6.26. The van der Waals surface area contributed by atoms with Crippen molar-refractivity contribution in [2.45, 2.75) is 18.3 Å². The number of aliphatic carboxylic acids is 1. The molecule has 1 aliphatic rings. The summed E-state index contributed by atoms with van der Waals surface area (Å²) in [5, 5.41) is 11.4. The molecule has 0 fully saturated rings. The lowest BCUT2D eigenvalue weighted by atomic mass is 9.98. The van der Waals surface area contributed by atoms with Gasteiger partial charge in [0.25, 0.3) is 0 Å². The third kappa shape index (κ3) is 3.99. The predicted molar refractivity (Wildman–Crippen MR) is 110 cm³/mol. The molecular weight excluding hydrogens is 366 g/mol. The van der Waals surface area contributed by atoms with E-state index in [1.54, 1.807) is 5.32 Å². The van der Waals surface area contributed by atoms with E-state index < -0.39 is 60.2 Å². The third-order valence-electron chi connectivity index (χ3n) is 4.53. The molecule has 0 saturated carbocycles. The maximum absolute atomic E-state index is 12.7. The number of carboxylic acid groups (broad SMARTS) is 1. The van der Waals surface area contributed by atoms with Crippen LogP contribution in [-0.2, 0) is 15.9 Å². The molecule has 2 N–H and O–H groups in total. The van der Waals surface area contributed by atoms with Gasteiger partial charge < -0.3 is 15.2 Å². The number of rotatable bonds is 6. The summed E-state index contributed by atoms with van der Waals surface area (Å²) in [5.74, 6) is -2.54. The fraction of sp³-hybridized carbons (Fsp3) is 0.167. The molecule has 1 amide bonds. The van der Waals surface area contributed by atoms with E-state index in [1.807, 2.05) is 48.5 Å². The van der Waals surface area contributed by atoms with Crippen LogP contribution < -0.4 is 5.32 Å². The normalized spacial score (nSPS) is 18.8. The first-order valence-corrected chi connectivity index (χ1v) is 8.76. The van der Waals surface area contributed by atoms with Crippen LogP contribution in [0.2, 0.25) is 0 Å². The van der Waals surface area contributed by atoms with Crippen LogP contribution in [0.3, 0.4) is 0 Å². The van der Waals surface area contributed by atoms with Gasteiger partial charge >= 0.3 is 12.1 Å². The zero-order valence-corrected chi connectivity index (χ0v) is 15.1. The van der Waals surface area contributed by atoms with Crippen molar-refractivity contribution >= 4 is 12.1 Å². The van der Waals surface area contributed by atoms with E-state index in [1.165, 1.54) is 0 Å². The standard InChI is InChI=1S/C24H21NO4/c26-23(27)22(14-16-8-2-1-3-9-16)25-24(28)29-15-21-19-12-6-4-10-17(19)18-11-5-7-13-20(18)21/h1-13,21-22H,14-15H2,(H,25,28)(H,26,27)/i1D,2D,3D,8D,9D,14D2,22D. The summed E-state index contributed by atoms with van der Waals surface area (Å²) in [6, 6.07) is 6.78. The van der Waals surface area contributed by atoms with Gasteiger partial charge in [-0.3, -0.25) is 0 Å². The molecule has 0 aromatic heterocycles. The van der Waals surface area contributed by atoms with Gasteiger partial charge in [0.2, 0.25) is 0 Å². The van der Waals surface area contributed by atoms with Crippen molar-refractivity contribution in [1.29, 1.82) is 0 Å². The van der Waals surface area contributed by atoms with Crippen molar-refractivity contribution < 1.29 is 30.4 Å². The van der Waals surface area contributed by atoms with E-state index >= 15 is 0 Å². The zero-order valence-electron chi connectivity index (χ0n) is 23.1. The third-order valence-corrected chi connectivity index (χ3v) is 4.53. The summed E-state index contributed by atoms with van der Waals surface area (Å²) in [6.45, 7) is -0.243. The number of carboxylic acids is 1. The van der Waals surface area contributed by atoms with Gasteiger partial charge in [-0.25, -0.2) is 9.59 Å². The van der Waals surface area contributed by atoms with Gasteiger partial charge in [-0.2, -0.15) is 0 Å². The summed E-state index contributed by atoms with van der Waals surface area (Å²) in [4.78, 5) is 24.8. The summed E-state index contributed by atoms with van der Waals surface area (Å²) >= 11 is 0. The quantitative estimate of drug-likeness (QED) is 0.655. The molecular formula is C24H21NO4. The van der Waals surface area contributed by atoms with Crippen LogP contribution in [0.5, 0.6) is 0 Å². The van der Waals surface area contributed by atoms with Crippen molar-refractivity contribution in [3.63, 3.8) is 0 Å². The Labute approximate surface area is 180 Å². The molecule has 1 aliphatic carbocycles. The summed E-state index contributed by atoms with van der Waals surface area (Å²) in [5.41, 5.74) is 2.58. The van der Waals surface area contributed by atoms with Crippen molar-refractivity contribution in [2.24, 2.45) is 0 Å². The topological polar surface area (TPSA) is 75.6 Å². The van der Waals surface area contributed by atoms with Crippen molar-refractivity contribution in [1.82, 2.24) is 5.32 Å². The number of carbonyl (C=O) groups excluding carboxylic acids is 1. The largest absolute Gasteiger partial charge is 0.480 e. The van der Waals surface area contributed by atoms with E-state index in [0.717, 1.165) is 22.3 Å². The molecule has 5 heteroatoms. The summed E-state index contributed by atoms with van der Waals surface area (Å²) in [6.07, 6.45) is -4.88. The molecule has 0 bridgehead atoms. The van der Waals surface area contributed by atoms with Gasteiger partial charge in [0.15, 0.2) is 0 Å². The first-order valence-electron chi connectivity index (χ1n) is 12.8. The smallest absolute Gasteiger partial charge is 0.407 e. The van der Waals surface area contributed by atoms with Crippen LogP contribution in [0.1, 0.15) is 33.6 Å². The lowest BCUT2D eigenvalue weighted by molar-refractivity contribution is -0.139. The van der Waals surface area contributed by atoms with Gasteiger partial charge in [0.05, 0.1) is 8.22 Å². The fourth-order valence-electron chi connectivity index (χ4n) is 3.31. The Bertz CT molecular complexity index is 1360. The minimum absolute atomic E-state index is 0.243. The van der Waals surface area contributed by atoms with Crippen molar-refractivity contribution in [3.8, 4) is 11.1 Å². The molecule has 29 heavy (non-hydrogen) atoms. The Kier molecular flexibility index (Phi) is 3.22. The molecule has 3 aromatic rings. The Morgan fingerprint density at radius 2 is 1.66 bits per heavy atom. The maximum Gasteiger partial charge on any atom is 0.407 e. The minimum Gasteiger partial charge on any atom is -0.480 e. The van der Waals surface area contributed by atoms with E-state index in [-0.39, 0.29) is 12.5 Å². The van der Waals surface area contributed by atoms with Crippen LogP contribution in [-0.4, -0.2) is 29.8 Å². The highest BCUT2D eigenvalue weighted by Gasteiger charge is 2.29. The summed E-state index contributed by atoms with van der Waals surface area (Å²) in [7, 11) is 0. The molecule has 146 valence electrons. The predicted octanol–water partition coefficient (Wildman–Crippen LogP) is 4.22. The molecule has 0 radical (unpaired) electrons. The number of hydrogen-bond donors (Lipinski definition) is 2. The van der Waals surface area contributed by atoms with E-state index in [0.29, 0.717) is 0 Å². The van der Waals surface area contributed by atoms with Crippen LogP contribution in [0.4, 0.5) is 4.79 Å². The lowest BCUT2D eigenvalue weighted by Gasteiger charge is -2.17. The van der Waals surface area contributed by atoms with Gasteiger partial charge in [0.1, 0.15) is 12.6 Å². The second kappa shape index (κ2) is 8.19. The number of ether oxygens (including phenoxy) is 1. The Morgan fingerprint density at radius 1 is 1.07 bits per heavy atom. The molecule has 0 spiro atoms. The van der Waals surface area contributed by atoms with E-state index in [2.05, 4.69) is 0 Å². The zero-order chi connectivity index (χ0) is 27.3. The maximum atomic E-state index is 12.7. The van der Waals surface area contributed by atoms with Crippen LogP contribution in [0, 0.1) is 0 Å². The fourth-order valence-corrected chi connectivity index (χ4v) is 3.31. The average molecular weight is 395 g/mol. The van der Waals surface area contributed by atoms with Gasteiger partial charge in [-0.15, -0.1) is 0 Å². The van der Waals surface area contributed by atoms with Crippen molar-refractivity contribution in [2.75, 3.05) is 6.61 Å². The Balaban J connectivity index is 1.62. The molecule has 0 saturated heterocycles. The molecule has 4 rings (SSSR count).